The van der Waals surface area contributed by atoms with E-state index < -0.39 is 0 Å². The lowest BCUT2D eigenvalue weighted by molar-refractivity contribution is -0.0470. The van der Waals surface area contributed by atoms with E-state index in [-0.39, 0.29) is 12.1 Å². The Morgan fingerprint density at radius 3 is 3.16 bits per heavy atom. The van der Waals surface area contributed by atoms with Crippen LogP contribution in [0.2, 0.25) is 0 Å². The van der Waals surface area contributed by atoms with Crippen LogP contribution in [-0.2, 0) is 4.74 Å². The Balaban J connectivity index is 2.11. The van der Waals surface area contributed by atoms with E-state index in [0.717, 1.165) is 38.2 Å². The zero-order chi connectivity index (χ0) is 13.7. The summed E-state index contributed by atoms with van der Waals surface area (Å²) < 4.78 is 5.85. The highest BCUT2D eigenvalue weighted by Crippen LogP contribution is 2.24. The van der Waals surface area contributed by atoms with Crippen LogP contribution >= 0.6 is 0 Å². The van der Waals surface area contributed by atoms with Crippen molar-refractivity contribution >= 4 is 5.82 Å². The van der Waals surface area contributed by atoms with Gasteiger partial charge in [0.15, 0.2) is 0 Å². The Labute approximate surface area is 114 Å². The summed E-state index contributed by atoms with van der Waals surface area (Å²) in [5.41, 5.74) is 9.64. The lowest BCUT2D eigenvalue weighted by Gasteiger charge is -2.36. The molecule has 6 heteroatoms. The fourth-order valence-electron chi connectivity index (χ4n) is 2.54. The molecule has 0 aliphatic carbocycles. The molecule has 1 aliphatic rings. The van der Waals surface area contributed by atoms with Gasteiger partial charge in [-0.25, -0.2) is 4.98 Å². The Kier molecular flexibility index (Phi) is 5.09. The van der Waals surface area contributed by atoms with Gasteiger partial charge >= 0.3 is 0 Å². The Morgan fingerprint density at radius 1 is 1.63 bits per heavy atom. The maximum absolute atomic E-state index is 5.92. The Hall–Kier alpha value is -1.21. The summed E-state index contributed by atoms with van der Waals surface area (Å²) in [7, 11) is 0. The molecular weight excluding hydrogens is 242 g/mol. The molecule has 0 saturated carbocycles. The summed E-state index contributed by atoms with van der Waals surface area (Å²) in [6.45, 7) is 5.83. The monoisotopic (exact) mass is 265 g/mol. The number of pyridine rings is 1. The van der Waals surface area contributed by atoms with Crippen molar-refractivity contribution in [1.29, 1.82) is 0 Å². The highest BCUT2D eigenvalue weighted by Gasteiger charge is 2.29. The molecule has 2 heterocycles. The van der Waals surface area contributed by atoms with Crippen LogP contribution in [0.1, 0.15) is 24.9 Å². The zero-order valence-corrected chi connectivity index (χ0v) is 11.4. The van der Waals surface area contributed by atoms with Crippen LogP contribution < -0.4 is 17.0 Å². The topological polar surface area (TPSA) is 89.4 Å². The molecule has 2 atom stereocenters. The number of hydrazine groups is 1. The number of nitrogens with two attached hydrogens (primary N) is 2. The standard InChI is InChI=1S/C13H23N5O/c1-2-6-18-7-8-19-11(9-18)12(17-15)10-4-3-5-16-13(10)14/h3-5,11-12,17H,2,6-9,15H2,1H3,(H2,14,16). The van der Waals surface area contributed by atoms with Crippen LogP contribution in [0.3, 0.4) is 0 Å². The number of nitrogen functional groups attached to an aromatic ring is 1. The van der Waals surface area contributed by atoms with Gasteiger partial charge in [0.1, 0.15) is 5.82 Å². The molecule has 1 aromatic rings. The van der Waals surface area contributed by atoms with Crippen molar-refractivity contribution in [3.63, 3.8) is 0 Å². The molecule has 2 unspecified atom stereocenters. The van der Waals surface area contributed by atoms with E-state index in [9.17, 15) is 0 Å². The second kappa shape index (κ2) is 6.81. The number of aromatic nitrogens is 1. The van der Waals surface area contributed by atoms with E-state index in [1.165, 1.54) is 0 Å². The Morgan fingerprint density at radius 2 is 2.47 bits per heavy atom. The van der Waals surface area contributed by atoms with Crippen LogP contribution in [0, 0.1) is 0 Å². The number of hydrogen-bond acceptors (Lipinski definition) is 6. The summed E-state index contributed by atoms with van der Waals surface area (Å²) in [5, 5.41) is 0. The number of nitrogens with one attached hydrogen (secondary N) is 1. The van der Waals surface area contributed by atoms with Crippen molar-refractivity contribution in [2.45, 2.75) is 25.5 Å². The number of anilines is 1. The molecule has 0 aromatic carbocycles. The number of morpholine rings is 1. The van der Waals surface area contributed by atoms with Gasteiger partial charge in [0.25, 0.3) is 0 Å². The lowest BCUT2D eigenvalue weighted by atomic mass is 10.0. The molecule has 1 saturated heterocycles. The maximum Gasteiger partial charge on any atom is 0.128 e. The first-order chi connectivity index (χ1) is 9.26. The molecule has 2 rings (SSSR count). The zero-order valence-electron chi connectivity index (χ0n) is 11.4. The number of hydrogen-bond donors (Lipinski definition) is 3. The van der Waals surface area contributed by atoms with Crippen molar-refractivity contribution in [2.24, 2.45) is 5.84 Å². The van der Waals surface area contributed by atoms with E-state index in [2.05, 4.69) is 22.2 Å². The highest BCUT2D eigenvalue weighted by molar-refractivity contribution is 5.41. The quantitative estimate of drug-likeness (QED) is 0.523. The summed E-state index contributed by atoms with van der Waals surface area (Å²) in [6.07, 6.45) is 2.82. The van der Waals surface area contributed by atoms with Crippen LogP contribution in [0.4, 0.5) is 5.82 Å². The molecule has 1 fully saturated rings. The van der Waals surface area contributed by atoms with Gasteiger partial charge in [-0.05, 0) is 19.0 Å². The number of nitrogens with zero attached hydrogens (tertiary/aromatic N) is 2. The highest BCUT2D eigenvalue weighted by atomic mass is 16.5. The van der Waals surface area contributed by atoms with E-state index in [4.69, 9.17) is 16.3 Å². The third kappa shape index (κ3) is 3.42. The Bertz CT molecular complexity index is 398. The molecule has 6 nitrogen and oxygen atoms in total. The predicted molar refractivity (Wildman–Crippen MR) is 75.2 cm³/mol. The van der Waals surface area contributed by atoms with Crippen molar-refractivity contribution in [3.8, 4) is 0 Å². The second-order valence-corrected chi connectivity index (χ2v) is 4.83. The van der Waals surface area contributed by atoms with E-state index in [1.807, 2.05) is 12.1 Å². The second-order valence-electron chi connectivity index (χ2n) is 4.83. The van der Waals surface area contributed by atoms with E-state index >= 15 is 0 Å². The SMILES string of the molecule is CCCN1CCOC(C(NN)c2cccnc2N)C1. The van der Waals surface area contributed by atoms with Crippen molar-refractivity contribution < 1.29 is 4.74 Å². The molecular formula is C13H23N5O. The van der Waals surface area contributed by atoms with Crippen molar-refractivity contribution in [1.82, 2.24) is 15.3 Å². The predicted octanol–water partition coefficient (Wildman–Crippen LogP) is 0.279. The third-order valence-electron chi connectivity index (χ3n) is 3.48. The lowest BCUT2D eigenvalue weighted by Crippen LogP contribution is -2.49. The molecule has 1 aliphatic heterocycles. The molecule has 106 valence electrons. The smallest absolute Gasteiger partial charge is 0.128 e. The fraction of sp³-hybridized carbons (Fsp3) is 0.615. The summed E-state index contributed by atoms with van der Waals surface area (Å²) >= 11 is 0. The van der Waals surface area contributed by atoms with E-state index in [0.29, 0.717) is 5.82 Å². The van der Waals surface area contributed by atoms with Crippen LogP contribution in [0.25, 0.3) is 0 Å². The van der Waals surface area contributed by atoms with Crippen LogP contribution in [-0.4, -0.2) is 42.2 Å². The van der Waals surface area contributed by atoms with Gasteiger partial charge in [-0.1, -0.05) is 13.0 Å². The normalized spacial score (nSPS) is 22.3. The first-order valence-electron chi connectivity index (χ1n) is 6.76. The molecule has 19 heavy (non-hydrogen) atoms. The van der Waals surface area contributed by atoms with Crippen LogP contribution in [0.15, 0.2) is 18.3 Å². The summed E-state index contributed by atoms with van der Waals surface area (Å²) in [5.74, 6) is 6.19. The summed E-state index contributed by atoms with van der Waals surface area (Å²) in [4.78, 5) is 6.51. The van der Waals surface area contributed by atoms with Gasteiger partial charge in [0, 0.05) is 24.8 Å². The minimum atomic E-state index is -0.131. The average Bonchev–Trinajstić information content (AvgIpc) is 2.43. The minimum absolute atomic E-state index is 0.00296. The van der Waals surface area contributed by atoms with E-state index in [1.54, 1.807) is 6.20 Å². The fourth-order valence-corrected chi connectivity index (χ4v) is 2.54. The van der Waals surface area contributed by atoms with Gasteiger partial charge in [0.2, 0.25) is 0 Å². The number of rotatable bonds is 5. The van der Waals surface area contributed by atoms with Gasteiger partial charge < -0.3 is 10.5 Å². The molecule has 0 spiro atoms. The van der Waals surface area contributed by atoms with Gasteiger partial charge in [-0.15, -0.1) is 0 Å². The number of ether oxygens (including phenoxy) is 1. The molecule has 0 amide bonds. The van der Waals surface area contributed by atoms with Gasteiger partial charge in [-0.3, -0.25) is 16.2 Å². The van der Waals surface area contributed by atoms with Gasteiger partial charge in [0.05, 0.1) is 18.8 Å². The third-order valence-corrected chi connectivity index (χ3v) is 3.48. The molecule has 1 aromatic heterocycles. The maximum atomic E-state index is 5.92. The molecule has 5 N–H and O–H groups in total. The largest absolute Gasteiger partial charge is 0.383 e. The minimum Gasteiger partial charge on any atom is -0.383 e. The molecule has 0 radical (unpaired) electrons. The van der Waals surface area contributed by atoms with Crippen LogP contribution in [0.5, 0.6) is 0 Å². The van der Waals surface area contributed by atoms with Crippen molar-refractivity contribution in [2.75, 3.05) is 32.0 Å². The first-order valence-corrected chi connectivity index (χ1v) is 6.76. The van der Waals surface area contributed by atoms with Crippen molar-refractivity contribution in [3.05, 3.63) is 23.9 Å². The summed E-state index contributed by atoms with van der Waals surface area (Å²) in [6, 6.07) is 3.67. The van der Waals surface area contributed by atoms with Gasteiger partial charge in [-0.2, -0.15) is 0 Å². The average molecular weight is 265 g/mol. The first kappa shape index (κ1) is 14.2. The molecule has 0 bridgehead atoms.